The van der Waals surface area contributed by atoms with Crippen LogP contribution in [-0.4, -0.2) is 30.9 Å². The first kappa shape index (κ1) is 25.0. The monoisotopic (exact) mass is 486 g/mol. The molecule has 1 aliphatic rings. The predicted molar refractivity (Wildman–Crippen MR) is 138 cm³/mol. The lowest BCUT2D eigenvalue weighted by molar-refractivity contribution is -0.151. The Morgan fingerprint density at radius 3 is 2.31 bits per heavy atom. The van der Waals surface area contributed by atoms with E-state index in [1.165, 1.54) is 11.1 Å². The summed E-state index contributed by atoms with van der Waals surface area (Å²) in [6, 6.07) is 20.6. The van der Waals surface area contributed by atoms with Gasteiger partial charge in [-0.25, -0.2) is 0 Å². The molecule has 1 aliphatic heterocycles. The van der Waals surface area contributed by atoms with Crippen LogP contribution in [0, 0.1) is 19.8 Å². The van der Waals surface area contributed by atoms with Crippen molar-refractivity contribution in [1.29, 1.82) is 0 Å². The first-order valence-electron chi connectivity index (χ1n) is 12.0. The summed E-state index contributed by atoms with van der Waals surface area (Å²) in [4.78, 5) is 38.8. The lowest BCUT2D eigenvalue weighted by Crippen LogP contribution is -2.28. The van der Waals surface area contributed by atoms with Crippen LogP contribution in [0.5, 0.6) is 11.5 Å². The molecule has 0 saturated carbocycles. The third-order valence-electron chi connectivity index (χ3n) is 6.31. The van der Waals surface area contributed by atoms with E-state index in [1.54, 1.807) is 29.2 Å². The van der Waals surface area contributed by atoms with Crippen molar-refractivity contribution in [3.05, 3.63) is 83.4 Å². The molecule has 1 heterocycles. The minimum absolute atomic E-state index is 0.0415. The highest BCUT2D eigenvalue weighted by Gasteiger charge is 2.36. The normalized spacial score (nSPS) is 15.0. The zero-order valence-corrected chi connectivity index (χ0v) is 20.7. The Balaban J connectivity index is 1.28. The molecule has 0 spiro atoms. The third-order valence-corrected chi connectivity index (χ3v) is 6.31. The maximum Gasteiger partial charge on any atom is 0.311 e. The topological polar surface area (TPSA) is 84.9 Å². The number of amides is 2. The summed E-state index contributed by atoms with van der Waals surface area (Å²) in [5, 5.41) is 2.71. The van der Waals surface area contributed by atoms with Gasteiger partial charge in [-0.15, -0.1) is 0 Å². The van der Waals surface area contributed by atoms with Gasteiger partial charge in [-0.2, -0.15) is 0 Å². The highest BCUT2D eigenvalue weighted by molar-refractivity contribution is 6.00. The van der Waals surface area contributed by atoms with Crippen LogP contribution in [0.25, 0.3) is 0 Å². The van der Waals surface area contributed by atoms with Gasteiger partial charge in [0, 0.05) is 24.3 Å². The highest BCUT2D eigenvalue weighted by atomic mass is 16.5. The van der Waals surface area contributed by atoms with Gasteiger partial charge in [0.05, 0.1) is 5.92 Å². The number of ether oxygens (including phenoxy) is 2. The first-order valence-corrected chi connectivity index (χ1v) is 12.0. The number of esters is 1. The molecule has 2 amide bonds. The minimum atomic E-state index is -0.624. The second kappa shape index (κ2) is 11.1. The van der Waals surface area contributed by atoms with Gasteiger partial charge in [0.15, 0.2) is 6.61 Å². The van der Waals surface area contributed by atoms with Crippen molar-refractivity contribution in [3.63, 3.8) is 0 Å². The van der Waals surface area contributed by atoms with Gasteiger partial charge in [0.2, 0.25) is 5.91 Å². The van der Waals surface area contributed by atoms with Gasteiger partial charge < -0.3 is 19.7 Å². The van der Waals surface area contributed by atoms with E-state index in [9.17, 15) is 14.4 Å². The summed E-state index contributed by atoms with van der Waals surface area (Å²) in [5.74, 6) is -0.376. The summed E-state index contributed by atoms with van der Waals surface area (Å²) in [5.41, 5.74) is 4.82. The third kappa shape index (κ3) is 6.10. The van der Waals surface area contributed by atoms with Gasteiger partial charge in [0.25, 0.3) is 5.91 Å². The van der Waals surface area contributed by atoms with Crippen LogP contribution in [0.1, 0.15) is 30.0 Å². The van der Waals surface area contributed by atoms with E-state index < -0.39 is 24.4 Å². The number of benzene rings is 3. The quantitative estimate of drug-likeness (QED) is 0.443. The van der Waals surface area contributed by atoms with Crippen LogP contribution < -0.4 is 15.0 Å². The molecular formula is C29H30N2O5. The Kier molecular flexibility index (Phi) is 7.68. The number of carbonyl (C=O) groups is 3. The Labute approximate surface area is 211 Å². The average molecular weight is 487 g/mol. The van der Waals surface area contributed by atoms with Crippen molar-refractivity contribution in [2.24, 2.45) is 5.92 Å². The molecule has 0 aromatic heterocycles. The number of nitrogens with one attached hydrogen (secondary N) is 1. The van der Waals surface area contributed by atoms with Crippen molar-refractivity contribution < 1.29 is 23.9 Å². The van der Waals surface area contributed by atoms with E-state index in [-0.39, 0.29) is 18.9 Å². The van der Waals surface area contributed by atoms with Crippen molar-refractivity contribution in [1.82, 2.24) is 0 Å². The van der Waals surface area contributed by atoms with E-state index in [1.807, 2.05) is 56.3 Å². The maximum absolute atomic E-state index is 12.6. The molecule has 1 N–H and O–H groups in total. The minimum Gasteiger partial charge on any atom is -0.457 e. The van der Waals surface area contributed by atoms with E-state index >= 15 is 0 Å². The Bertz CT molecular complexity index is 1250. The van der Waals surface area contributed by atoms with E-state index in [4.69, 9.17) is 9.47 Å². The Morgan fingerprint density at radius 2 is 1.64 bits per heavy atom. The Morgan fingerprint density at radius 1 is 0.944 bits per heavy atom. The molecule has 1 atom stereocenters. The average Bonchev–Trinajstić information content (AvgIpc) is 3.27. The van der Waals surface area contributed by atoms with E-state index in [0.717, 1.165) is 17.7 Å². The number of anilines is 2. The van der Waals surface area contributed by atoms with Gasteiger partial charge in [-0.1, -0.05) is 25.1 Å². The fourth-order valence-electron chi connectivity index (χ4n) is 4.00. The van der Waals surface area contributed by atoms with Crippen LogP contribution in [0.3, 0.4) is 0 Å². The summed E-state index contributed by atoms with van der Waals surface area (Å²) in [7, 11) is 0. The number of hydrogen-bond acceptors (Lipinski definition) is 5. The van der Waals surface area contributed by atoms with Crippen LogP contribution in [0.15, 0.2) is 66.7 Å². The molecule has 7 nitrogen and oxygen atoms in total. The second-order valence-electron chi connectivity index (χ2n) is 8.95. The van der Waals surface area contributed by atoms with E-state index in [0.29, 0.717) is 17.1 Å². The smallest absolute Gasteiger partial charge is 0.311 e. The molecule has 0 bridgehead atoms. The van der Waals surface area contributed by atoms with E-state index in [2.05, 4.69) is 12.2 Å². The molecule has 3 aromatic rings. The fraction of sp³-hybridized carbons (Fsp3) is 0.276. The summed E-state index contributed by atoms with van der Waals surface area (Å²) in [6.45, 7) is 5.94. The second-order valence-corrected chi connectivity index (χ2v) is 8.95. The molecule has 4 rings (SSSR count). The van der Waals surface area contributed by atoms with Crippen LogP contribution in [0.4, 0.5) is 11.4 Å². The molecule has 0 aliphatic carbocycles. The van der Waals surface area contributed by atoms with Gasteiger partial charge >= 0.3 is 5.97 Å². The molecule has 7 heteroatoms. The van der Waals surface area contributed by atoms with Crippen LogP contribution in [-0.2, 0) is 25.5 Å². The lowest BCUT2D eigenvalue weighted by Gasteiger charge is -2.17. The number of carbonyl (C=O) groups excluding carboxylic acids is 3. The SMILES string of the molecule is CCc1ccc(NC(=O)COC(=O)[C@@H]2CC(=O)N(c3ccc(Oc4ccc(C)c(C)c4)cc3)C2)cc1. The zero-order chi connectivity index (χ0) is 25.7. The number of rotatable bonds is 8. The standard InChI is InChI=1S/C29H30N2O5/c1-4-21-6-8-23(9-7-21)30-27(32)18-35-29(34)22-16-28(33)31(17-22)24-10-13-25(14-11-24)36-26-12-5-19(2)20(3)15-26/h5-15,22H,4,16-18H2,1-3H3,(H,30,32)/t22-/m1/s1. The zero-order valence-electron chi connectivity index (χ0n) is 20.7. The molecule has 186 valence electrons. The molecule has 1 saturated heterocycles. The fourth-order valence-corrected chi connectivity index (χ4v) is 4.00. The van der Waals surface area contributed by atoms with Crippen molar-refractivity contribution >= 4 is 29.2 Å². The Hall–Kier alpha value is -4.13. The van der Waals surface area contributed by atoms with Crippen LogP contribution in [0.2, 0.25) is 0 Å². The van der Waals surface area contributed by atoms with Crippen molar-refractivity contribution in [2.75, 3.05) is 23.4 Å². The summed E-state index contributed by atoms with van der Waals surface area (Å²) >= 11 is 0. The van der Waals surface area contributed by atoms with Crippen molar-refractivity contribution in [2.45, 2.75) is 33.6 Å². The van der Waals surface area contributed by atoms with Gasteiger partial charge in [-0.3, -0.25) is 14.4 Å². The lowest BCUT2D eigenvalue weighted by atomic mass is 10.1. The van der Waals surface area contributed by atoms with Crippen molar-refractivity contribution in [3.8, 4) is 11.5 Å². The first-order chi connectivity index (χ1) is 17.3. The number of hydrogen-bond donors (Lipinski definition) is 1. The summed E-state index contributed by atoms with van der Waals surface area (Å²) in [6.07, 6.45) is 0.952. The molecule has 36 heavy (non-hydrogen) atoms. The van der Waals surface area contributed by atoms with Gasteiger partial charge in [0.1, 0.15) is 11.5 Å². The molecule has 0 unspecified atom stereocenters. The molecule has 3 aromatic carbocycles. The molecule has 1 fully saturated rings. The maximum atomic E-state index is 12.6. The van der Waals surface area contributed by atoms with Gasteiger partial charge in [-0.05, 0) is 85.5 Å². The summed E-state index contributed by atoms with van der Waals surface area (Å²) < 4.78 is 11.1. The number of nitrogens with zero attached hydrogens (tertiary/aromatic N) is 1. The number of aryl methyl sites for hydroxylation is 3. The largest absolute Gasteiger partial charge is 0.457 e. The molecule has 0 radical (unpaired) electrons. The predicted octanol–water partition coefficient (Wildman–Crippen LogP) is 5.19. The van der Waals surface area contributed by atoms with Crippen LogP contribution >= 0.6 is 0 Å². The molecular weight excluding hydrogens is 456 g/mol. The highest BCUT2D eigenvalue weighted by Crippen LogP contribution is 2.29.